The lowest BCUT2D eigenvalue weighted by molar-refractivity contribution is 0.00780. The molecule has 0 aromatic heterocycles. The monoisotopic (exact) mass is 407 g/mol. The zero-order chi connectivity index (χ0) is 21.4. The third-order valence-electron chi connectivity index (χ3n) is 5.38. The van der Waals surface area contributed by atoms with Gasteiger partial charge in [0.15, 0.2) is 0 Å². The molecule has 0 bridgehead atoms. The van der Waals surface area contributed by atoms with Crippen LogP contribution in [0.15, 0.2) is 24.3 Å². The van der Waals surface area contributed by atoms with Gasteiger partial charge in [0.1, 0.15) is 11.4 Å². The van der Waals surface area contributed by atoms with Gasteiger partial charge in [0.2, 0.25) is 0 Å². The fraction of sp³-hybridized carbons (Fsp3) is 0.696. The van der Waals surface area contributed by atoms with E-state index in [9.17, 15) is 9.18 Å². The lowest BCUT2D eigenvalue weighted by Gasteiger charge is -2.41. The number of halogens is 1. The molecule has 0 N–H and O–H groups in total. The van der Waals surface area contributed by atoms with Crippen molar-refractivity contribution in [3.63, 3.8) is 0 Å². The Bertz CT molecular complexity index is 639. The predicted molar refractivity (Wildman–Crippen MR) is 116 cm³/mol. The van der Waals surface area contributed by atoms with Gasteiger partial charge in [-0.25, -0.2) is 9.18 Å². The molecular formula is C23H38FN3O2. The second-order valence-electron chi connectivity index (χ2n) is 8.79. The highest BCUT2D eigenvalue weighted by Crippen LogP contribution is 2.26. The molecule has 2 rings (SSSR count). The molecule has 0 radical (unpaired) electrons. The highest BCUT2D eigenvalue weighted by atomic mass is 19.1. The van der Waals surface area contributed by atoms with E-state index in [-0.39, 0.29) is 18.0 Å². The maximum Gasteiger partial charge on any atom is 0.410 e. The number of rotatable bonds is 8. The van der Waals surface area contributed by atoms with E-state index in [0.29, 0.717) is 26.2 Å². The Morgan fingerprint density at radius 1 is 1.17 bits per heavy atom. The van der Waals surface area contributed by atoms with Gasteiger partial charge in [0.25, 0.3) is 0 Å². The molecular weight excluding hydrogens is 369 g/mol. The van der Waals surface area contributed by atoms with Gasteiger partial charge in [-0.15, -0.1) is 0 Å². The van der Waals surface area contributed by atoms with Gasteiger partial charge in [0, 0.05) is 38.3 Å². The molecule has 1 unspecified atom stereocenters. The highest BCUT2D eigenvalue weighted by molar-refractivity contribution is 5.68. The standard InChI is InChI=1S/C23H38FN3O2/c1-6-8-13-25(7-2)18-21(19-11-9-10-12-20(19)24)26-14-16-27(17-15-26)22(28)29-23(3,4)5/h9-12,21H,6-8,13-18H2,1-5H3. The minimum Gasteiger partial charge on any atom is -0.444 e. The predicted octanol–water partition coefficient (Wildman–Crippen LogP) is 4.54. The van der Waals surface area contributed by atoms with Crippen LogP contribution in [0.5, 0.6) is 0 Å². The summed E-state index contributed by atoms with van der Waals surface area (Å²) in [5.74, 6) is -0.154. The topological polar surface area (TPSA) is 36.0 Å². The zero-order valence-electron chi connectivity index (χ0n) is 18.8. The second kappa shape index (κ2) is 10.9. The molecule has 1 heterocycles. The molecule has 1 aromatic carbocycles. The van der Waals surface area contributed by atoms with Crippen LogP contribution in [-0.4, -0.2) is 72.2 Å². The Balaban J connectivity index is 2.10. The number of ether oxygens (including phenoxy) is 1. The van der Waals surface area contributed by atoms with E-state index in [1.54, 1.807) is 17.0 Å². The van der Waals surface area contributed by atoms with Crippen LogP contribution in [0.2, 0.25) is 0 Å². The van der Waals surface area contributed by atoms with Gasteiger partial charge in [-0.1, -0.05) is 38.5 Å². The Kier molecular flexibility index (Phi) is 8.90. The molecule has 5 nitrogen and oxygen atoms in total. The summed E-state index contributed by atoms with van der Waals surface area (Å²) >= 11 is 0. The van der Waals surface area contributed by atoms with Gasteiger partial charge in [-0.05, 0) is 46.3 Å². The number of piperazine rings is 1. The summed E-state index contributed by atoms with van der Waals surface area (Å²) in [5, 5.41) is 0. The van der Waals surface area contributed by atoms with Gasteiger partial charge >= 0.3 is 6.09 Å². The second-order valence-corrected chi connectivity index (χ2v) is 8.79. The quantitative estimate of drug-likeness (QED) is 0.634. The van der Waals surface area contributed by atoms with Gasteiger partial charge in [-0.2, -0.15) is 0 Å². The van der Waals surface area contributed by atoms with Crippen molar-refractivity contribution >= 4 is 6.09 Å². The van der Waals surface area contributed by atoms with E-state index in [4.69, 9.17) is 4.74 Å². The van der Waals surface area contributed by atoms with Crippen molar-refractivity contribution in [1.29, 1.82) is 0 Å². The molecule has 0 saturated carbocycles. The molecule has 1 aliphatic rings. The molecule has 164 valence electrons. The fourth-order valence-electron chi connectivity index (χ4n) is 3.70. The SMILES string of the molecule is CCCCN(CC)CC(c1ccccc1F)N1CCN(C(=O)OC(C)(C)C)CC1. The molecule has 0 spiro atoms. The molecule has 29 heavy (non-hydrogen) atoms. The van der Waals surface area contributed by atoms with E-state index >= 15 is 0 Å². The van der Waals surface area contributed by atoms with Crippen LogP contribution in [0.1, 0.15) is 59.1 Å². The van der Waals surface area contributed by atoms with Gasteiger partial charge < -0.3 is 14.5 Å². The largest absolute Gasteiger partial charge is 0.444 e. The average molecular weight is 408 g/mol. The molecule has 0 aliphatic carbocycles. The molecule has 1 aromatic rings. The Hall–Kier alpha value is -1.66. The summed E-state index contributed by atoms with van der Waals surface area (Å²) in [6.07, 6.45) is 2.03. The normalized spacial score (nSPS) is 16.9. The molecule has 6 heteroatoms. The minimum atomic E-state index is -0.495. The number of benzene rings is 1. The van der Waals surface area contributed by atoms with Crippen LogP contribution in [0, 0.1) is 5.82 Å². The summed E-state index contributed by atoms with van der Waals surface area (Å²) < 4.78 is 20.2. The lowest BCUT2D eigenvalue weighted by atomic mass is 10.0. The van der Waals surface area contributed by atoms with Crippen molar-refractivity contribution in [3.8, 4) is 0 Å². The number of hydrogen-bond donors (Lipinski definition) is 0. The summed E-state index contributed by atoms with van der Waals surface area (Å²) in [5.41, 5.74) is 0.248. The fourth-order valence-corrected chi connectivity index (χ4v) is 3.70. The molecule has 1 aliphatic heterocycles. The lowest BCUT2D eigenvalue weighted by Crippen LogP contribution is -2.52. The van der Waals surface area contributed by atoms with Gasteiger partial charge in [-0.3, -0.25) is 4.90 Å². The number of carbonyl (C=O) groups excluding carboxylic acids is 1. The molecule has 1 amide bonds. The first-order valence-corrected chi connectivity index (χ1v) is 10.9. The highest BCUT2D eigenvalue weighted by Gasteiger charge is 2.31. The van der Waals surface area contributed by atoms with Gasteiger partial charge in [0.05, 0.1) is 6.04 Å². The number of nitrogens with zero attached hydrogens (tertiary/aromatic N) is 3. The number of amides is 1. The van der Waals surface area contributed by atoms with E-state index < -0.39 is 5.60 Å². The van der Waals surface area contributed by atoms with E-state index in [1.807, 2.05) is 32.9 Å². The number of hydrogen-bond acceptors (Lipinski definition) is 4. The van der Waals surface area contributed by atoms with Crippen molar-refractivity contribution in [2.45, 2.75) is 59.1 Å². The van der Waals surface area contributed by atoms with Crippen molar-refractivity contribution in [1.82, 2.24) is 14.7 Å². The smallest absolute Gasteiger partial charge is 0.410 e. The first-order valence-electron chi connectivity index (χ1n) is 10.9. The van der Waals surface area contributed by atoms with Crippen LogP contribution in [0.25, 0.3) is 0 Å². The van der Waals surface area contributed by atoms with Crippen molar-refractivity contribution in [3.05, 3.63) is 35.6 Å². The van der Waals surface area contributed by atoms with Crippen molar-refractivity contribution in [2.24, 2.45) is 0 Å². The maximum atomic E-state index is 14.7. The third kappa shape index (κ3) is 7.27. The number of likely N-dealkylation sites (N-methyl/N-ethyl adjacent to an activating group) is 1. The van der Waals surface area contributed by atoms with E-state index in [0.717, 1.165) is 38.0 Å². The van der Waals surface area contributed by atoms with Crippen LogP contribution < -0.4 is 0 Å². The Morgan fingerprint density at radius 2 is 1.83 bits per heavy atom. The summed E-state index contributed by atoms with van der Waals surface area (Å²) in [6.45, 7) is 15.4. The van der Waals surface area contributed by atoms with Crippen LogP contribution in [0.4, 0.5) is 9.18 Å². The minimum absolute atomic E-state index is 0.0196. The third-order valence-corrected chi connectivity index (χ3v) is 5.38. The first-order chi connectivity index (χ1) is 13.7. The van der Waals surface area contributed by atoms with Crippen LogP contribution in [0.3, 0.4) is 0 Å². The summed E-state index contributed by atoms with van der Waals surface area (Å²) in [7, 11) is 0. The van der Waals surface area contributed by atoms with E-state index in [1.165, 1.54) is 0 Å². The molecule has 1 atom stereocenters. The summed E-state index contributed by atoms with van der Waals surface area (Å²) in [4.78, 5) is 18.8. The first kappa shape index (κ1) is 23.6. The average Bonchev–Trinajstić information content (AvgIpc) is 2.68. The summed E-state index contributed by atoms with van der Waals surface area (Å²) in [6, 6.07) is 7.07. The molecule has 1 fully saturated rings. The Labute approximate surface area is 175 Å². The van der Waals surface area contributed by atoms with Crippen LogP contribution >= 0.6 is 0 Å². The van der Waals surface area contributed by atoms with Crippen molar-refractivity contribution < 1.29 is 13.9 Å². The van der Waals surface area contributed by atoms with Crippen molar-refractivity contribution in [2.75, 3.05) is 45.8 Å². The zero-order valence-corrected chi connectivity index (χ0v) is 18.8. The van der Waals surface area contributed by atoms with Crippen LogP contribution in [-0.2, 0) is 4.74 Å². The Morgan fingerprint density at radius 3 is 2.38 bits per heavy atom. The number of unbranched alkanes of at least 4 members (excludes halogenated alkanes) is 1. The number of carbonyl (C=O) groups is 1. The van der Waals surface area contributed by atoms with E-state index in [2.05, 4.69) is 23.6 Å². The maximum absolute atomic E-state index is 14.7. The molecule has 1 saturated heterocycles.